The first kappa shape index (κ1) is 16.6. The van der Waals surface area contributed by atoms with Crippen molar-refractivity contribution in [3.05, 3.63) is 34.3 Å². The van der Waals surface area contributed by atoms with E-state index < -0.39 is 17.8 Å². The van der Waals surface area contributed by atoms with Gasteiger partial charge < -0.3 is 0 Å². The van der Waals surface area contributed by atoms with Crippen molar-refractivity contribution in [1.82, 2.24) is 14.7 Å². The highest BCUT2D eigenvalue weighted by atomic mass is 79.9. The van der Waals surface area contributed by atoms with Crippen LogP contribution < -0.4 is 0 Å². The van der Waals surface area contributed by atoms with Crippen LogP contribution in [0, 0.1) is 0 Å². The number of halogens is 1. The van der Waals surface area contributed by atoms with Crippen molar-refractivity contribution < 1.29 is 14.4 Å². The largest absolute Gasteiger partial charge is 0.335 e. The average Bonchev–Trinajstić information content (AvgIpc) is 2.68. The molecule has 1 aliphatic rings. The predicted molar refractivity (Wildman–Crippen MR) is 84.7 cm³/mol. The summed E-state index contributed by atoms with van der Waals surface area (Å²) in [7, 11) is 1.80. The van der Waals surface area contributed by atoms with Crippen molar-refractivity contribution in [2.24, 2.45) is 0 Å². The topological polar surface area (TPSA) is 60.9 Å². The quantitative estimate of drug-likeness (QED) is 0.570. The van der Waals surface area contributed by atoms with Crippen LogP contribution in [-0.2, 0) is 16.1 Å². The van der Waals surface area contributed by atoms with Crippen LogP contribution >= 0.6 is 15.9 Å². The van der Waals surface area contributed by atoms with Gasteiger partial charge in [-0.15, -0.1) is 0 Å². The third-order valence-corrected chi connectivity index (χ3v) is 3.86. The van der Waals surface area contributed by atoms with Gasteiger partial charge in [-0.2, -0.15) is 0 Å². The fourth-order valence-corrected chi connectivity index (χ4v) is 2.55. The lowest BCUT2D eigenvalue weighted by molar-refractivity contribution is -0.143. The van der Waals surface area contributed by atoms with E-state index in [1.807, 2.05) is 36.1 Å². The first-order valence-corrected chi connectivity index (χ1v) is 7.83. The van der Waals surface area contributed by atoms with Gasteiger partial charge in [-0.1, -0.05) is 35.0 Å². The maximum atomic E-state index is 12.1. The zero-order chi connectivity index (χ0) is 16.3. The van der Waals surface area contributed by atoms with Crippen LogP contribution in [0.15, 0.2) is 28.7 Å². The molecule has 0 aromatic heterocycles. The van der Waals surface area contributed by atoms with E-state index in [4.69, 9.17) is 0 Å². The summed E-state index contributed by atoms with van der Waals surface area (Å²) in [6.45, 7) is 2.80. The summed E-state index contributed by atoms with van der Waals surface area (Å²) < 4.78 is 0.990. The molecule has 0 spiro atoms. The molecule has 1 aromatic carbocycles. The molecule has 0 radical (unpaired) electrons. The molecule has 2 rings (SSSR count). The van der Waals surface area contributed by atoms with Crippen molar-refractivity contribution in [1.29, 1.82) is 0 Å². The first-order chi connectivity index (χ1) is 10.4. The number of rotatable bonds is 6. The van der Waals surface area contributed by atoms with Gasteiger partial charge in [0.05, 0.1) is 6.67 Å². The third kappa shape index (κ3) is 3.53. The zero-order valence-electron chi connectivity index (χ0n) is 12.6. The number of hydrogen-bond donors (Lipinski definition) is 0. The van der Waals surface area contributed by atoms with E-state index in [0.717, 1.165) is 19.8 Å². The molecule has 6 nitrogen and oxygen atoms in total. The zero-order valence-corrected chi connectivity index (χ0v) is 14.2. The number of hydrogen-bond acceptors (Lipinski definition) is 4. The Bertz CT molecular complexity index is 588. The number of urea groups is 1. The number of imide groups is 2. The molecule has 0 aliphatic carbocycles. The van der Waals surface area contributed by atoms with E-state index >= 15 is 0 Å². The average molecular weight is 368 g/mol. The fraction of sp³-hybridized carbons (Fsp3) is 0.400. The molecule has 0 unspecified atom stereocenters. The molecular formula is C15H18BrN3O3. The van der Waals surface area contributed by atoms with E-state index in [9.17, 15) is 14.4 Å². The molecule has 1 aromatic rings. The molecule has 0 saturated carbocycles. The van der Waals surface area contributed by atoms with Gasteiger partial charge in [-0.05, 0) is 31.2 Å². The highest BCUT2D eigenvalue weighted by Crippen LogP contribution is 2.15. The number of carbonyl (C=O) groups excluding carboxylic acids is 3. The molecule has 22 heavy (non-hydrogen) atoms. The Morgan fingerprint density at radius 3 is 2.23 bits per heavy atom. The van der Waals surface area contributed by atoms with Gasteiger partial charge in [0.15, 0.2) is 0 Å². The lowest BCUT2D eigenvalue weighted by Gasteiger charge is -2.22. The van der Waals surface area contributed by atoms with Gasteiger partial charge in [-0.3, -0.25) is 19.4 Å². The summed E-state index contributed by atoms with van der Waals surface area (Å²) in [6, 6.07) is 7.26. The van der Waals surface area contributed by atoms with Crippen LogP contribution in [0.25, 0.3) is 0 Å². The van der Waals surface area contributed by atoms with Crippen LogP contribution in [0.2, 0.25) is 0 Å². The number of nitrogens with zero attached hydrogens (tertiary/aromatic N) is 3. The van der Waals surface area contributed by atoms with Crippen LogP contribution in [0.5, 0.6) is 0 Å². The lowest BCUT2D eigenvalue weighted by atomic mass is 10.2. The molecule has 118 valence electrons. The second kappa shape index (κ2) is 7.02. The monoisotopic (exact) mass is 367 g/mol. The molecule has 7 heteroatoms. The highest BCUT2D eigenvalue weighted by Gasteiger charge is 2.44. The van der Waals surface area contributed by atoms with Crippen molar-refractivity contribution in [2.75, 3.05) is 20.3 Å². The minimum atomic E-state index is -0.749. The standard InChI is InChI=1S/C15H18BrN3O3/c1-3-8-18-13(20)14(21)19(15(18)22)10-17(2)9-11-4-6-12(16)7-5-11/h4-7H,3,8-10H2,1-2H3. The number of benzene rings is 1. The van der Waals surface area contributed by atoms with Gasteiger partial charge in [-0.25, -0.2) is 9.69 Å². The molecule has 0 N–H and O–H groups in total. The Labute approximate surface area is 137 Å². The molecular weight excluding hydrogens is 350 g/mol. The van der Waals surface area contributed by atoms with Gasteiger partial charge in [0, 0.05) is 17.6 Å². The van der Waals surface area contributed by atoms with E-state index in [2.05, 4.69) is 15.9 Å². The van der Waals surface area contributed by atoms with Gasteiger partial charge >= 0.3 is 17.8 Å². The molecule has 1 heterocycles. The smallest absolute Gasteiger partial charge is 0.284 e. The molecule has 1 aliphatic heterocycles. The van der Waals surface area contributed by atoms with E-state index in [0.29, 0.717) is 13.0 Å². The first-order valence-electron chi connectivity index (χ1n) is 7.04. The molecule has 1 fully saturated rings. The Morgan fingerprint density at radius 2 is 1.64 bits per heavy atom. The minimum absolute atomic E-state index is 0.0969. The summed E-state index contributed by atoms with van der Waals surface area (Å²) in [5, 5.41) is 0. The maximum Gasteiger partial charge on any atom is 0.335 e. The van der Waals surface area contributed by atoms with Crippen molar-refractivity contribution in [3.8, 4) is 0 Å². The normalized spacial score (nSPS) is 15.4. The van der Waals surface area contributed by atoms with Crippen molar-refractivity contribution >= 4 is 33.8 Å². The Balaban J connectivity index is 2.00. The van der Waals surface area contributed by atoms with Crippen molar-refractivity contribution in [3.63, 3.8) is 0 Å². The molecule has 4 amide bonds. The SMILES string of the molecule is CCCN1C(=O)C(=O)N(CN(C)Cc2ccc(Br)cc2)C1=O. The summed E-state index contributed by atoms with van der Waals surface area (Å²) in [5.74, 6) is -1.48. The van der Waals surface area contributed by atoms with Crippen LogP contribution in [0.3, 0.4) is 0 Å². The Kier molecular flexibility index (Phi) is 5.31. The van der Waals surface area contributed by atoms with Gasteiger partial charge in [0.2, 0.25) is 0 Å². The summed E-state index contributed by atoms with van der Waals surface area (Å²) in [5.41, 5.74) is 1.06. The third-order valence-electron chi connectivity index (χ3n) is 3.33. The molecule has 0 atom stereocenters. The second-order valence-electron chi connectivity index (χ2n) is 5.25. The minimum Gasteiger partial charge on any atom is -0.284 e. The molecule has 0 bridgehead atoms. The second-order valence-corrected chi connectivity index (χ2v) is 6.17. The Hall–Kier alpha value is -1.73. The lowest BCUT2D eigenvalue weighted by Crippen LogP contribution is -2.40. The maximum absolute atomic E-state index is 12.1. The van der Waals surface area contributed by atoms with E-state index in [-0.39, 0.29) is 13.2 Å². The number of amides is 4. The summed E-state index contributed by atoms with van der Waals surface area (Å²) in [6.07, 6.45) is 0.632. The van der Waals surface area contributed by atoms with Gasteiger partial charge in [0.1, 0.15) is 0 Å². The molecule has 1 saturated heterocycles. The van der Waals surface area contributed by atoms with Crippen molar-refractivity contribution in [2.45, 2.75) is 19.9 Å². The Morgan fingerprint density at radius 1 is 1.05 bits per heavy atom. The van der Waals surface area contributed by atoms with Gasteiger partial charge in [0.25, 0.3) is 0 Å². The van der Waals surface area contributed by atoms with Crippen LogP contribution in [-0.4, -0.2) is 52.8 Å². The fourth-order valence-electron chi connectivity index (χ4n) is 2.29. The highest BCUT2D eigenvalue weighted by molar-refractivity contribution is 9.10. The van der Waals surface area contributed by atoms with E-state index in [1.165, 1.54) is 0 Å². The predicted octanol–water partition coefficient (Wildman–Crippen LogP) is 2.04. The summed E-state index contributed by atoms with van der Waals surface area (Å²) >= 11 is 3.37. The summed E-state index contributed by atoms with van der Waals surface area (Å²) in [4.78, 5) is 39.7. The number of carbonyl (C=O) groups is 3. The van der Waals surface area contributed by atoms with Crippen LogP contribution in [0.1, 0.15) is 18.9 Å². The van der Waals surface area contributed by atoms with Crippen LogP contribution in [0.4, 0.5) is 4.79 Å². The van der Waals surface area contributed by atoms with E-state index in [1.54, 1.807) is 7.05 Å².